The van der Waals surface area contributed by atoms with Crippen molar-refractivity contribution in [3.05, 3.63) is 24.3 Å². The number of alkyl halides is 3. The summed E-state index contributed by atoms with van der Waals surface area (Å²) in [6, 6.07) is 5.41. The van der Waals surface area contributed by atoms with E-state index < -0.39 is 12.3 Å². The number of hydrogen-bond acceptors (Lipinski definition) is 2. The molecule has 0 fully saturated rings. The lowest BCUT2D eigenvalue weighted by Gasteiger charge is -2.31. The fourth-order valence-electron chi connectivity index (χ4n) is 1.54. The van der Waals surface area contributed by atoms with E-state index in [0.29, 0.717) is 4.90 Å². The Morgan fingerprint density at radius 2 is 1.75 bits per heavy atom. The topological polar surface area (TPSA) is 12.5 Å². The van der Waals surface area contributed by atoms with Gasteiger partial charge in [-0.2, -0.15) is 13.2 Å². The molecule has 0 bridgehead atoms. The van der Waals surface area contributed by atoms with Crippen LogP contribution in [0.2, 0.25) is 0 Å². The van der Waals surface area contributed by atoms with Crippen LogP contribution in [0.3, 0.4) is 0 Å². The fraction of sp³-hybridized carbons (Fsp3) is 0.455. The van der Waals surface area contributed by atoms with Crippen LogP contribution in [-0.2, 0) is 0 Å². The minimum atomic E-state index is -4.41. The van der Waals surface area contributed by atoms with Crippen molar-refractivity contribution in [1.29, 1.82) is 0 Å². The molecule has 5 heteroatoms. The smallest absolute Gasteiger partial charge is 0.485 e. The number of rotatable bonds is 3. The maximum atomic E-state index is 12.8. The Kier molecular flexibility index (Phi) is 3.67. The molecule has 0 aromatic heterocycles. The number of methoxy groups -OCH3 is 1. The maximum absolute atomic E-state index is 12.8. The highest BCUT2D eigenvalue weighted by atomic mass is 19.4. The number of ether oxygens (including phenoxy) is 1. The van der Waals surface area contributed by atoms with Crippen LogP contribution in [0.4, 0.5) is 18.9 Å². The maximum Gasteiger partial charge on any atom is 0.485 e. The van der Waals surface area contributed by atoms with Crippen molar-refractivity contribution >= 4 is 5.69 Å². The van der Waals surface area contributed by atoms with E-state index >= 15 is 0 Å². The Morgan fingerprint density at radius 3 is 2.19 bits per heavy atom. The average Bonchev–Trinajstić information content (AvgIpc) is 2.15. The second kappa shape index (κ2) is 4.63. The van der Waals surface area contributed by atoms with Gasteiger partial charge >= 0.3 is 6.30 Å². The second-order valence-corrected chi connectivity index (χ2v) is 3.60. The Hall–Kier alpha value is -1.39. The summed E-state index contributed by atoms with van der Waals surface area (Å²) in [6.45, 7) is 2.97. The van der Waals surface area contributed by atoms with Gasteiger partial charge in [0.1, 0.15) is 5.75 Å². The summed E-state index contributed by atoms with van der Waals surface area (Å²) < 4.78 is 43.5. The van der Waals surface area contributed by atoms with Gasteiger partial charge in [0.2, 0.25) is 0 Å². The highest BCUT2D eigenvalue weighted by molar-refractivity contribution is 5.59. The van der Waals surface area contributed by atoms with Crippen LogP contribution in [0.1, 0.15) is 13.8 Å². The van der Waals surface area contributed by atoms with E-state index in [1.807, 2.05) is 0 Å². The third-order valence-corrected chi connectivity index (χ3v) is 2.13. The molecule has 2 nitrogen and oxygen atoms in total. The zero-order valence-corrected chi connectivity index (χ0v) is 9.38. The predicted molar refractivity (Wildman–Crippen MR) is 56.7 cm³/mol. The normalized spacial score (nSPS) is 11.7. The molecule has 0 spiro atoms. The van der Waals surface area contributed by atoms with Gasteiger partial charge in [-0.25, -0.2) is 0 Å². The molecule has 1 aromatic carbocycles. The molecular formula is C11H14F3NO. The molecule has 0 saturated heterocycles. The fourth-order valence-corrected chi connectivity index (χ4v) is 1.54. The first-order valence-electron chi connectivity index (χ1n) is 4.87. The van der Waals surface area contributed by atoms with Crippen molar-refractivity contribution in [1.82, 2.24) is 0 Å². The summed E-state index contributed by atoms with van der Waals surface area (Å²) >= 11 is 0. The molecule has 0 amide bonds. The van der Waals surface area contributed by atoms with E-state index in [-0.39, 0.29) is 11.4 Å². The zero-order valence-electron chi connectivity index (χ0n) is 9.38. The van der Waals surface area contributed by atoms with E-state index in [9.17, 15) is 13.2 Å². The largest absolute Gasteiger partial charge is 0.495 e. The summed E-state index contributed by atoms with van der Waals surface area (Å²) in [5.74, 6) is 0.216. The first kappa shape index (κ1) is 12.7. The molecule has 1 rings (SSSR count). The molecule has 0 aliphatic carbocycles. The molecule has 90 valence electrons. The molecule has 0 aliphatic heterocycles. The van der Waals surface area contributed by atoms with Crippen molar-refractivity contribution in [2.24, 2.45) is 0 Å². The molecule has 0 heterocycles. The zero-order chi connectivity index (χ0) is 12.3. The van der Waals surface area contributed by atoms with Crippen LogP contribution in [-0.4, -0.2) is 19.5 Å². The minimum absolute atomic E-state index is 0.0347. The number of anilines is 1. The van der Waals surface area contributed by atoms with E-state index in [0.717, 1.165) is 0 Å². The lowest BCUT2D eigenvalue weighted by Crippen LogP contribution is -2.43. The Labute approximate surface area is 92.6 Å². The number of benzene rings is 1. The SMILES string of the molecule is COc1ccccc1N(C(C)C)C(F)(F)F. The summed E-state index contributed by atoms with van der Waals surface area (Å²) in [6.07, 6.45) is -4.41. The van der Waals surface area contributed by atoms with Gasteiger partial charge in [0.25, 0.3) is 0 Å². The van der Waals surface area contributed by atoms with Crippen molar-refractivity contribution in [2.75, 3.05) is 12.0 Å². The van der Waals surface area contributed by atoms with Crippen LogP contribution in [0.25, 0.3) is 0 Å². The van der Waals surface area contributed by atoms with Crippen LogP contribution in [0.15, 0.2) is 24.3 Å². The molecule has 16 heavy (non-hydrogen) atoms. The highest BCUT2D eigenvalue weighted by Crippen LogP contribution is 2.36. The Morgan fingerprint density at radius 1 is 1.19 bits per heavy atom. The van der Waals surface area contributed by atoms with Gasteiger partial charge in [-0.1, -0.05) is 12.1 Å². The highest BCUT2D eigenvalue weighted by Gasteiger charge is 2.40. The Bertz CT molecular complexity index is 349. The average molecular weight is 233 g/mol. The third kappa shape index (κ3) is 2.59. The van der Waals surface area contributed by atoms with Crippen LogP contribution in [0, 0.1) is 0 Å². The molecule has 0 radical (unpaired) electrons. The van der Waals surface area contributed by atoms with E-state index in [1.54, 1.807) is 12.1 Å². The molecule has 1 aromatic rings. The summed E-state index contributed by atoms with van der Waals surface area (Å²) in [5, 5.41) is 0. The molecule has 0 atom stereocenters. The first-order valence-corrected chi connectivity index (χ1v) is 4.87. The van der Waals surface area contributed by atoms with Crippen LogP contribution in [0.5, 0.6) is 5.75 Å². The third-order valence-electron chi connectivity index (χ3n) is 2.13. The quantitative estimate of drug-likeness (QED) is 0.741. The van der Waals surface area contributed by atoms with E-state index in [2.05, 4.69) is 0 Å². The predicted octanol–water partition coefficient (Wildman–Crippen LogP) is 3.43. The van der Waals surface area contributed by atoms with Gasteiger partial charge in [-0.15, -0.1) is 0 Å². The number of nitrogens with zero attached hydrogens (tertiary/aromatic N) is 1. The van der Waals surface area contributed by atoms with Crippen LogP contribution < -0.4 is 9.64 Å². The first-order chi connectivity index (χ1) is 7.38. The summed E-state index contributed by atoms with van der Waals surface area (Å²) in [5.41, 5.74) is 0.0347. The molecular weight excluding hydrogens is 219 g/mol. The molecule has 0 saturated carbocycles. The van der Waals surface area contributed by atoms with Gasteiger partial charge < -0.3 is 4.74 Å². The van der Waals surface area contributed by atoms with Gasteiger partial charge in [-0.05, 0) is 26.0 Å². The van der Waals surface area contributed by atoms with Crippen molar-refractivity contribution < 1.29 is 17.9 Å². The Balaban J connectivity index is 3.21. The standard InChI is InChI=1S/C11H14F3NO/c1-8(2)15(11(12,13)14)9-6-4-5-7-10(9)16-3/h4-8H,1-3H3. The lowest BCUT2D eigenvalue weighted by molar-refractivity contribution is -0.133. The van der Waals surface area contributed by atoms with Gasteiger partial charge in [-0.3, -0.25) is 4.90 Å². The monoisotopic (exact) mass is 233 g/mol. The number of hydrogen-bond donors (Lipinski definition) is 0. The van der Waals surface area contributed by atoms with Crippen molar-refractivity contribution in [3.63, 3.8) is 0 Å². The lowest BCUT2D eigenvalue weighted by atomic mass is 10.2. The van der Waals surface area contributed by atoms with Gasteiger partial charge in [0.15, 0.2) is 0 Å². The molecule has 0 unspecified atom stereocenters. The van der Waals surface area contributed by atoms with E-state index in [4.69, 9.17) is 4.74 Å². The molecule has 0 aliphatic rings. The summed E-state index contributed by atoms with van der Waals surface area (Å²) in [7, 11) is 1.35. The minimum Gasteiger partial charge on any atom is -0.495 e. The number of halogens is 3. The van der Waals surface area contributed by atoms with Crippen LogP contribution >= 0.6 is 0 Å². The number of para-hydroxylation sites is 2. The summed E-state index contributed by atoms with van der Waals surface area (Å²) in [4.78, 5) is 0.381. The van der Waals surface area contributed by atoms with Gasteiger partial charge in [0, 0.05) is 6.04 Å². The van der Waals surface area contributed by atoms with E-state index in [1.165, 1.54) is 33.1 Å². The van der Waals surface area contributed by atoms with Gasteiger partial charge in [0.05, 0.1) is 12.8 Å². The second-order valence-electron chi connectivity index (χ2n) is 3.60. The van der Waals surface area contributed by atoms with Crippen molar-refractivity contribution in [2.45, 2.75) is 26.2 Å². The molecule has 0 N–H and O–H groups in total. The van der Waals surface area contributed by atoms with Crippen molar-refractivity contribution in [3.8, 4) is 5.75 Å².